The molecule has 3 nitrogen and oxygen atoms in total. The highest BCUT2D eigenvalue weighted by molar-refractivity contribution is 5.85. The van der Waals surface area contributed by atoms with Crippen LogP contribution in [0.1, 0.15) is 0 Å². The van der Waals surface area contributed by atoms with Crippen molar-refractivity contribution in [3.63, 3.8) is 0 Å². The zero-order chi connectivity index (χ0) is 9.84. The molecule has 1 rings (SSSR count). The van der Waals surface area contributed by atoms with Crippen LogP contribution in [0.3, 0.4) is 0 Å². The molecule has 0 bridgehead atoms. The van der Waals surface area contributed by atoms with Crippen molar-refractivity contribution in [2.24, 2.45) is 0 Å². The van der Waals surface area contributed by atoms with Gasteiger partial charge in [-0.25, -0.2) is 0 Å². The van der Waals surface area contributed by atoms with Crippen LogP contribution < -0.4 is 15.2 Å². The molecule has 0 spiro atoms. The summed E-state index contributed by atoms with van der Waals surface area (Å²) in [6.45, 7) is -2.90. The van der Waals surface area contributed by atoms with E-state index in [1.165, 1.54) is 19.2 Å². The van der Waals surface area contributed by atoms with Gasteiger partial charge in [0.1, 0.15) is 0 Å². The summed E-state index contributed by atoms with van der Waals surface area (Å²) in [5.74, 6) is 0.0697. The second kappa shape index (κ2) is 5.49. The normalized spacial score (nSPS) is 9.43. The molecule has 0 aliphatic carbocycles. The fraction of sp³-hybridized carbons (Fsp3) is 0.250. The topological polar surface area (TPSA) is 44.5 Å². The zero-order valence-electron chi connectivity index (χ0n) is 7.37. The number of rotatable bonds is 3. The van der Waals surface area contributed by atoms with E-state index in [9.17, 15) is 8.78 Å². The number of halogens is 3. The van der Waals surface area contributed by atoms with Crippen LogP contribution in [0.2, 0.25) is 0 Å². The van der Waals surface area contributed by atoms with Crippen molar-refractivity contribution in [2.45, 2.75) is 6.61 Å². The molecule has 0 saturated heterocycles. The molecular formula is C8H10ClF2NO2. The highest BCUT2D eigenvalue weighted by Gasteiger charge is 2.12. The molecule has 80 valence electrons. The summed E-state index contributed by atoms with van der Waals surface area (Å²) in [6, 6.07) is 4.54. The van der Waals surface area contributed by atoms with Crippen molar-refractivity contribution >= 4 is 18.1 Å². The maximum atomic E-state index is 11.9. The molecule has 0 atom stereocenters. The van der Waals surface area contributed by atoms with Crippen LogP contribution >= 0.6 is 12.4 Å². The summed E-state index contributed by atoms with van der Waals surface area (Å²) in [4.78, 5) is 0. The molecule has 1 aromatic rings. The molecule has 0 unspecified atom stereocenters. The fourth-order valence-electron chi connectivity index (χ4n) is 0.909. The van der Waals surface area contributed by atoms with Crippen LogP contribution in [0.5, 0.6) is 11.5 Å². The van der Waals surface area contributed by atoms with E-state index in [4.69, 9.17) is 10.5 Å². The number of alkyl halides is 2. The van der Waals surface area contributed by atoms with Gasteiger partial charge in [-0.3, -0.25) is 0 Å². The van der Waals surface area contributed by atoms with Crippen LogP contribution in [0.15, 0.2) is 18.2 Å². The number of benzene rings is 1. The van der Waals surface area contributed by atoms with Crippen molar-refractivity contribution in [1.82, 2.24) is 0 Å². The first-order valence-electron chi connectivity index (χ1n) is 3.52. The van der Waals surface area contributed by atoms with Gasteiger partial charge >= 0.3 is 6.61 Å². The lowest BCUT2D eigenvalue weighted by Crippen LogP contribution is -2.05. The van der Waals surface area contributed by atoms with Crippen molar-refractivity contribution in [1.29, 1.82) is 0 Å². The van der Waals surface area contributed by atoms with E-state index < -0.39 is 6.61 Å². The third-order valence-corrected chi connectivity index (χ3v) is 1.44. The molecule has 0 aliphatic heterocycles. The van der Waals surface area contributed by atoms with Gasteiger partial charge in [0.2, 0.25) is 0 Å². The standard InChI is InChI=1S/C8H9F2NO2.ClH/c1-12-6-4-2-3-5(11)7(6)13-8(9)10;/h2-4,8H,11H2,1H3;1H. The van der Waals surface area contributed by atoms with Crippen LogP contribution in [-0.4, -0.2) is 13.7 Å². The zero-order valence-corrected chi connectivity index (χ0v) is 8.18. The van der Waals surface area contributed by atoms with Gasteiger partial charge in [-0.05, 0) is 12.1 Å². The smallest absolute Gasteiger partial charge is 0.387 e. The van der Waals surface area contributed by atoms with E-state index >= 15 is 0 Å². The van der Waals surface area contributed by atoms with Crippen molar-refractivity contribution in [3.05, 3.63) is 18.2 Å². The largest absolute Gasteiger partial charge is 0.493 e. The molecule has 1 aromatic carbocycles. The second-order valence-electron chi connectivity index (χ2n) is 2.26. The Balaban J connectivity index is 0.00000169. The van der Waals surface area contributed by atoms with Crippen molar-refractivity contribution < 1.29 is 18.3 Å². The number of para-hydroxylation sites is 1. The summed E-state index contributed by atoms with van der Waals surface area (Å²) in [5, 5.41) is 0. The summed E-state index contributed by atoms with van der Waals surface area (Å²) >= 11 is 0. The third kappa shape index (κ3) is 2.92. The molecular weight excluding hydrogens is 216 g/mol. The Morgan fingerprint density at radius 2 is 2.00 bits per heavy atom. The van der Waals surface area contributed by atoms with Gasteiger partial charge in [-0.1, -0.05) is 6.07 Å². The summed E-state index contributed by atoms with van der Waals surface area (Å²) in [6.07, 6.45) is 0. The quantitative estimate of drug-likeness (QED) is 0.803. The second-order valence-corrected chi connectivity index (χ2v) is 2.26. The molecule has 0 aliphatic rings. The maximum absolute atomic E-state index is 11.9. The Labute approximate surface area is 86.2 Å². The number of ether oxygens (including phenoxy) is 2. The van der Waals surface area contributed by atoms with E-state index in [0.717, 1.165) is 0 Å². The lowest BCUT2D eigenvalue weighted by molar-refractivity contribution is -0.0506. The Hall–Kier alpha value is -1.23. The molecule has 2 N–H and O–H groups in total. The minimum atomic E-state index is -2.90. The molecule has 0 amide bonds. The van der Waals surface area contributed by atoms with E-state index in [2.05, 4.69) is 4.74 Å². The van der Waals surface area contributed by atoms with E-state index in [1.807, 2.05) is 0 Å². The number of hydrogen-bond donors (Lipinski definition) is 1. The molecule has 0 heterocycles. The van der Waals surface area contributed by atoms with E-state index in [1.54, 1.807) is 6.07 Å². The van der Waals surface area contributed by atoms with Gasteiger partial charge in [0.05, 0.1) is 12.8 Å². The lowest BCUT2D eigenvalue weighted by atomic mass is 10.3. The first-order valence-corrected chi connectivity index (χ1v) is 3.52. The Morgan fingerprint density at radius 3 is 2.50 bits per heavy atom. The Bertz CT molecular complexity index is 297. The Kier molecular flexibility index (Phi) is 5.01. The van der Waals surface area contributed by atoms with Gasteiger partial charge in [-0.2, -0.15) is 8.78 Å². The SMILES string of the molecule is COc1cccc(N)c1OC(F)F.Cl. The maximum Gasteiger partial charge on any atom is 0.387 e. The molecule has 0 fully saturated rings. The van der Waals surface area contributed by atoms with E-state index in [0.29, 0.717) is 0 Å². The number of anilines is 1. The minimum absolute atomic E-state index is 0. The molecule has 0 aromatic heterocycles. The summed E-state index contributed by atoms with van der Waals surface area (Å²) < 4.78 is 32.7. The Morgan fingerprint density at radius 1 is 1.36 bits per heavy atom. The highest BCUT2D eigenvalue weighted by Crippen LogP contribution is 2.33. The molecule has 14 heavy (non-hydrogen) atoms. The fourth-order valence-corrected chi connectivity index (χ4v) is 0.909. The first-order chi connectivity index (χ1) is 6.15. The molecule has 0 radical (unpaired) electrons. The van der Waals surface area contributed by atoms with Crippen LogP contribution in [0, 0.1) is 0 Å². The minimum Gasteiger partial charge on any atom is -0.493 e. The van der Waals surface area contributed by atoms with Gasteiger partial charge in [0, 0.05) is 0 Å². The lowest BCUT2D eigenvalue weighted by Gasteiger charge is -2.11. The van der Waals surface area contributed by atoms with Crippen molar-refractivity contribution in [3.8, 4) is 11.5 Å². The number of nitrogens with two attached hydrogens (primary N) is 1. The number of methoxy groups -OCH3 is 1. The molecule has 6 heteroatoms. The van der Waals surface area contributed by atoms with Crippen LogP contribution in [-0.2, 0) is 0 Å². The van der Waals surface area contributed by atoms with Gasteiger partial charge in [0.15, 0.2) is 11.5 Å². The number of nitrogen functional groups attached to an aromatic ring is 1. The van der Waals surface area contributed by atoms with Crippen LogP contribution in [0.25, 0.3) is 0 Å². The van der Waals surface area contributed by atoms with Crippen LogP contribution in [0.4, 0.5) is 14.5 Å². The first kappa shape index (κ1) is 12.8. The van der Waals surface area contributed by atoms with Gasteiger partial charge < -0.3 is 15.2 Å². The summed E-state index contributed by atoms with van der Waals surface area (Å²) in [5.41, 5.74) is 5.53. The predicted octanol–water partition coefficient (Wildman–Crippen LogP) is 2.30. The monoisotopic (exact) mass is 225 g/mol. The predicted molar refractivity (Wildman–Crippen MR) is 51.3 cm³/mol. The third-order valence-electron chi connectivity index (χ3n) is 1.44. The average molecular weight is 226 g/mol. The number of hydrogen-bond acceptors (Lipinski definition) is 3. The molecule has 0 saturated carbocycles. The van der Waals surface area contributed by atoms with E-state index in [-0.39, 0.29) is 29.6 Å². The highest BCUT2D eigenvalue weighted by atomic mass is 35.5. The summed E-state index contributed by atoms with van der Waals surface area (Å²) in [7, 11) is 1.35. The van der Waals surface area contributed by atoms with Gasteiger partial charge in [-0.15, -0.1) is 12.4 Å². The average Bonchev–Trinajstić information content (AvgIpc) is 2.08. The van der Waals surface area contributed by atoms with Crippen molar-refractivity contribution in [2.75, 3.05) is 12.8 Å². The van der Waals surface area contributed by atoms with Gasteiger partial charge in [0.25, 0.3) is 0 Å².